The third kappa shape index (κ3) is 3.10. The summed E-state index contributed by atoms with van der Waals surface area (Å²) in [5.41, 5.74) is 2.69. The molecule has 0 unspecified atom stereocenters. The molecular weight excluding hydrogens is 226 g/mol. The Kier molecular flexibility index (Phi) is 3.63. The smallest absolute Gasteiger partial charge is 0.251 e. The highest BCUT2D eigenvalue weighted by atomic mass is 16.3. The second-order valence-electron chi connectivity index (χ2n) is 4.22. The van der Waals surface area contributed by atoms with Crippen molar-refractivity contribution in [2.45, 2.75) is 13.5 Å². The number of nitrogens with one attached hydrogen (secondary N) is 1. The quantitative estimate of drug-likeness (QED) is 0.867. The minimum atomic E-state index is -0.188. The fraction of sp³-hybridized carbons (Fsp3) is 0.133. The van der Waals surface area contributed by atoms with Crippen LogP contribution >= 0.6 is 0 Å². The number of hydrogen-bond acceptors (Lipinski definition) is 2. The zero-order valence-corrected chi connectivity index (χ0v) is 10.2. The summed E-state index contributed by atoms with van der Waals surface area (Å²) in [5, 5.41) is 12.1. The van der Waals surface area contributed by atoms with E-state index < -0.39 is 0 Å². The average molecular weight is 241 g/mol. The molecule has 0 spiro atoms. The molecule has 0 saturated carbocycles. The van der Waals surface area contributed by atoms with E-state index in [-0.39, 0.29) is 11.7 Å². The van der Waals surface area contributed by atoms with E-state index in [1.807, 2.05) is 31.2 Å². The Hall–Kier alpha value is -2.29. The van der Waals surface area contributed by atoms with Crippen molar-refractivity contribution in [3.8, 4) is 5.75 Å². The Morgan fingerprint density at radius 2 is 1.94 bits per heavy atom. The molecule has 0 aliphatic heterocycles. The van der Waals surface area contributed by atoms with Gasteiger partial charge in [0.15, 0.2) is 0 Å². The molecule has 3 heteroatoms. The van der Waals surface area contributed by atoms with Gasteiger partial charge in [0.05, 0.1) is 0 Å². The van der Waals surface area contributed by atoms with E-state index >= 15 is 0 Å². The number of benzene rings is 2. The molecule has 0 fully saturated rings. The third-order valence-electron chi connectivity index (χ3n) is 2.64. The van der Waals surface area contributed by atoms with Crippen LogP contribution < -0.4 is 5.32 Å². The fourth-order valence-corrected chi connectivity index (χ4v) is 1.75. The number of hydrogen-bond donors (Lipinski definition) is 2. The Morgan fingerprint density at radius 1 is 1.17 bits per heavy atom. The van der Waals surface area contributed by atoms with Crippen LogP contribution in [0.2, 0.25) is 0 Å². The topological polar surface area (TPSA) is 49.3 Å². The molecule has 0 aliphatic rings. The second-order valence-corrected chi connectivity index (χ2v) is 4.22. The van der Waals surface area contributed by atoms with Crippen LogP contribution in [0, 0.1) is 6.92 Å². The maximum Gasteiger partial charge on any atom is 0.251 e. The van der Waals surface area contributed by atoms with Crippen LogP contribution in [0.4, 0.5) is 0 Å². The summed E-state index contributed by atoms with van der Waals surface area (Å²) in [7, 11) is 0. The van der Waals surface area contributed by atoms with Gasteiger partial charge in [-0.15, -0.1) is 0 Å². The van der Waals surface area contributed by atoms with Gasteiger partial charge < -0.3 is 10.4 Å². The molecule has 0 bridgehead atoms. The zero-order chi connectivity index (χ0) is 13.0. The number of amides is 1. The third-order valence-corrected chi connectivity index (χ3v) is 2.64. The van der Waals surface area contributed by atoms with E-state index in [9.17, 15) is 9.90 Å². The summed E-state index contributed by atoms with van der Waals surface area (Å²) < 4.78 is 0. The van der Waals surface area contributed by atoms with Crippen molar-refractivity contribution in [1.29, 1.82) is 0 Å². The summed E-state index contributed by atoms with van der Waals surface area (Å²) in [6.45, 7) is 2.50. The van der Waals surface area contributed by atoms with Crippen molar-refractivity contribution in [1.82, 2.24) is 5.32 Å². The molecule has 1 amide bonds. The second kappa shape index (κ2) is 5.36. The molecule has 2 N–H and O–H groups in total. The Morgan fingerprint density at radius 3 is 2.67 bits per heavy atom. The number of carbonyl (C=O) groups is 1. The molecule has 18 heavy (non-hydrogen) atoms. The summed E-state index contributed by atoms with van der Waals surface area (Å²) in [4.78, 5) is 11.8. The molecule has 2 aromatic carbocycles. The Labute approximate surface area is 106 Å². The van der Waals surface area contributed by atoms with Gasteiger partial charge in [-0.2, -0.15) is 0 Å². The predicted molar refractivity (Wildman–Crippen MR) is 70.5 cm³/mol. The molecule has 0 atom stereocenters. The van der Waals surface area contributed by atoms with E-state index in [1.54, 1.807) is 12.1 Å². The zero-order valence-electron chi connectivity index (χ0n) is 10.2. The van der Waals surface area contributed by atoms with E-state index in [1.165, 1.54) is 17.7 Å². The van der Waals surface area contributed by atoms with E-state index in [0.717, 1.165) is 5.56 Å². The minimum Gasteiger partial charge on any atom is -0.508 e. The number of carbonyl (C=O) groups excluding carboxylic acids is 1. The van der Waals surface area contributed by atoms with Crippen molar-refractivity contribution in [3.05, 3.63) is 65.2 Å². The molecule has 0 radical (unpaired) electrons. The lowest BCUT2D eigenvalue weighted by molar-refractivity contribution is 0.0950. The molecule has 0 heterocycles. The normalized spacial score (nSPS) is 10.1. The SMILES string of the molecule is Cc1cccc(CNC(=O)c2cccc(O)c2)c1. The van der Waals surface area contributed by atoms with Gasteiger partial charge in [0.1, 0.15) is 5.75 Å². The highest BCUT2D eigenvalue weighted by Gasteiger charge is 2.05. The maximum atomic E-state index is 11.8. The van der Waals surface area contributed by atoms with Gasteiger partial charge in [-0.05, 0) is 30.7 Å². The lowest BCUT2D eigenvalue weighted by Crippen LogP contribution is -2.22. The summed E-state index contributed by atoms with van der Waals surface area (Å²) in [6.07, 6.45) is 0. The first-order valence-electron chi connectivity index (χ1n) is 5.78. The molecular formula is C15H15NO2. The molecule has 92 valence electrons. The van der Waals surface area contributed by atoms with E-state index in [2.05, 4.69) is 5.32 Å². The summed E-state index contributed by atoms with van der Waals surface area (Å²) in [6, 6.07) is 14.3. The van der Waals surface area contributed by atoms with Gasteiger partial charge in [0, 0.05) is 12.1 Å². The van der Waals surface area contributed by atoms with Crippen molar-refractivity contribution in [2.75, 3.05) is 0 Å². The summed E-state index contributed by atoms with van der Waals surface area (Å²) in [5.74, 6) is -0.0920. The van der Waals surface area contributed by atoms with Crippen molar-refractivity contribution >= 4 is 5.91 Å². The Bertz CT molecular complexity index is 564. The molecule has 0 saturated heterocycles. The van der Waals surface area contributed by atoms with Gasteiger partial charge >= 0.3 is 0 Å². The first-order valence-corrected chi connectivity index (χ1v) is 5.78. The molecule has 0 aromatic heterocycles. The van der Waals surface area contributed by atoms with Gasteiger partial charge in [-0.3, -0.25) is 4.79 Å². The van der Waals surface area contributed by atoms with Gasteiger partial charge in [0.2, 0.25) is 0 Å². The standard InChI is InChI=1S/C15H15NO2/c1-11-4-2-5-12(8-11)10-16-15(18)13-6-3-7-14(17)9-13/h2-9,17H,10H2,1H3,(H,16,18). The molecule has 2 rings (SSSR count). The van der Waals surface area contributed by atoms with Crippen molar-refractivity contribution in [2.24, 2.45) is 0 Å². The van der Waals surface area contributed by atoms with Gasteiger partial charge in [-0.25, -0.2) is 0 Å². The van der Waals surface area contributed by atoms with Crippen LogP contribution in [0.25, 0.3) is 0 Å². The number of aromatic hydroxyl groups is 1. The maximum absolute atomic E-state index is 11.8. The summed E-state index contributed by atoms with van der Waals surface area (Å²) >= 11 is 0. The fourth-order valence-electron chi connectivity index (χ4n) is 1.75. The highest BCUT2D eigenvalue weighted by molar-refractivity contribution is 5.94. The van der Waals surface area contributed by atoms with Gasteiger partial charge in [0.25, 0.3) is 5.91 Å². The molecule has 3 nitrogen and oxygen atoms in total. The van der Waals surface area contributed by atoms with Crippen LogP contribution in [0.15, 0.2) is 48.5 Å². The van der Waals surface area contributed by atoms with Crippen LogP contribution in [-0.4, -0.2) is 11.0 Å². The first kappa shape index (κ1) is 12.2. The van der Waals surface area contributed by atoms with E-state index in [4.69, 9.17) is 0 Å². The Balaban J connectivity index is 2.00. The van der Waals surface area contributed by atoms with Crippen LogP contribution in [-0.2, 0) is 6.54 Å². The number of phenols is 1. The van der Waals surface area contributed by atoms with Crippen molar-refractivity contribution < 1.29 is 9.90 Å². The predicted octanol–water partition coefficient (Wildman–Crippen LogP) is 2.63. The number of rotatable bonds is 3. The molecule has 0 aliphatic carbocycles. The number of phenolic OH excluding ortho intramolecular Hbond substituents is 1. The first-order chi connectivity index (χ1) is 8.65. The van der Waals surface area contributed by atoms with Crippen LogP contribution in [0.3, 0.4) is 0 Å². The average Bonchev–Trinajstić information content (AvgIpc) is 2.36. The van der Waals surface area contributed by atoms with Crippen LogP contribution in [0.1, 0.15) is 21.5 Å². The van der Waals surface area contributed by atoms with Crippen LogP contribution in [0.5, 0.6) is 5.75 Å². The molecule has 2 aromatic rings. The van der Waals surface area contributed by atoms with Crippen molar-refractivity contribution in [3.63, 3.8) is 0 Å². The largest absolute Gasteiger partial charge is 0.508 e. The minimum absolute atomic E-state index is 0.0956. The monoisotopic (exact) mass is 241 g/mol. The lowest BCUT2D eigenvalue weighted by atomic mass is 10.1. The van der Waals surface area contributed by atoms with Gasteiger partial charge in [-0.1, -0.05) is 35.9 Å². The van der Waals surface area contributed by atoms with E-state index in [0.29, 0.717) is 12.1 Å². The number of aryl methyl sites for hydroxylation is 1. The highest BCUT2D eigenvalue weighted by Crippen LogP contribution is 2.11. The lowest BCUT2D eigenvalue weighted by Gasteiger charge is -2.06.